The van der Waals surface area contributed by atoms with Crippen LogP contribution >= 0.6 is 0 Å². The fourth-order valence-electron chi connectivity index (χ4n) is 2.35. The maximum atomic E-state index is 11.5. The van der Waals surface area contributed by atoms with Gasteiger partial charge in [-0.1, -0.05) is 6.07 Å². The lowest BCUT2D eigenvalue weighted by Crippen LogP contribution is -2.54. The standard InChI is InChI=1S/C13H15N3O3S/c1-19-11-5-3-4-10-12(11)13(15-8-14-10)16-6-9(7-16)20(2,17)18/h3-5,8-9H,6-7H2,1-2H3. The van der Waals surface area contributed by atoms with Gasteiger partial charge in [-0.2, -0.15) is 0 Å². The summed E-state index contributed by atoms with van der Waals surface area (Å²) in [5, 5.41) is 0.506. The zero-order valence-electron chi connectivity index (χ0n) is 11.3. The number of benzene rings is 1. The largest absolute Gasteiger partial charge is 0.496 e. The molecule has 1 saturated heterocycles. The molecule has 0 bridgehead atoms. The molecule has 0 N–H and O–H groups in total. The summed E-state index contributed by atoms with van der Waals surface area (Å²) < 4.78 is 28.3. The van der Waals surface area contributed by atoms with E-state index < -0.39 is 9.84 Å². The second kappa shape index (κ2) is 4.59. The summed E-state index contributed by atoms with van der Waals surface area (Å²) in [7, 11) is -1.39. The topological polar surface area (TPSA) is 72.4 Å². The smallest absolute Gasteiger partial charge is 0.153 e. The summed E-state index contributed by atoms with van der Waals surface area (Å²) in [6, 6.07) is 5.60. The van der Waals surface area contributed by atoms with Crippen LogP contribution in [-0.2, 0) is 9.84 Å². The van der Waals surface area contributed by atoms with Gasteiger partial charge in [-0.15, -0.1) is 0 Å². The van der Waals surface area contributed by atoms with Gasteiger partial charge >= 0.3 is 0 Å². The molecule has 1 aromatic carbocycles. The molecule has 0 amide bonds. The molecule has 0 atom stereocenters. The van der Waals surface area contributed by atoms with Crippen LogP contribution in [0.1, 0.15) is 0 Å². The Morgan fingerprint density at radius 2 is 2.05 bits per heavy atom. The number of rotatable bonds is 3. The molecule has 3 rings (SSSR count). The van der Waals surface area contributed by atoms with Crippen molar-refractivity contribution in [2.75, 3.05) is 31.4 Å². The number of anilines is 1. The fourth-order valence-corrected chi connectivity index (χ4v) is 3.26. The van der Waals surface area contributed by atoms with Gasteiger partial charge < -0.3 is 9.64 Å². The van der Waals surface area contributed by atoms with Crippen molar-refractivity contribution in [3.63, 3.8) is 0 Å². The highest BCUT2D eigenvalue weighted by atomic mass is 32.2. The number of hydrogen-bond donors (Lipinski definition) is 0. The van der Waals surface area contributed by atoms with Crippen molar-refractivity contribution in [2.45, 2.75) is 5.25 Å². The molecule has 0 spiro atoms. The number of fused-ring (bicyclic) bond motifs is 1. The minimum Gasteiger partial charge on any atom is -0.496 e. The van der Waals surface area contributed by atoms with E-state index >= 15 is 0 Å². The number of sulfone groups is 1. The van der Waals surface area contributed by atoms with Crippen molar-refractivity contribution in [2.24, 2.45) is 0 Å². The minimum absolute atomic E-state index is 0.317. The van der Waals surface area contributed by atoms with E-state index in [4.69, 9.17) is 4.74 Å². The molecular formula is C13H15N3O3S. The molecule has 1 fully saturated rings. The summed E-state index contributed by atoms with van der Waals surface area (Å²) in [6.45, 7) is 0.923. The van der Waals surface area contributed by atoms with Gasteiger partial charge in [0.1, 0.15) is 17.9 Å². The lowest BCUT2D eigenvalue weighted by atomic mass is 10.1. The second-order valence-corrected chi connectivity index (χ2v) is 7.23. The second-order valence-electron chi connectivity index (χ2n) is 4.91. The third kappa shape index (κ3) is 2.07. The molecular weight excluding hydrogens is 278 g/mol. The molecule has 2 aromatic rings. The molecule has 106 valence electrons. The monoisotopic (exact) mass is 293 g/mol. The molecule has 1 aliphatic heterocycles. The van der Waals surface area contributed by atoms with Gasteiger partial charge in [-0.05, 0) is 12.1 Å². The maximum Gasteiger partial charge on any atom is 0.153 e. The van der Waals surface area contributed by atoms with Gasteiger partial charge in [-0.25, -0.2) is 18.4 Å². The zero-order valence-corrected chi connectivity index (χ0v) is 12.1. The first-order chi connectivity index (χ1) is 9.50. The van der Waals surface area contributed by atoms with Crippen LogP contribution in [0.15, 0.2) is 24.5 Å². The molecule has 0 radical (unpaired) electrons. The van der Waals surface area contributed by atoms with Crippen LogP contribution in [0.3, 0.4) is 0 Å². The highest BCUT2D eigenvalue weighted by Gasteiger charge is 2.36. The zero-order chi connectivity index (χ0) is 14.3. The summed E-state index contributed by atoms with van der Waals surface area (Å²) in [6.07, 6.45) is 2.76. The van der Waals surface area contributed by atoms with E-state index in [9.17, 15) is 8.42 Å². The van der Waals surface area contributed by atoms with Crippen LogP contribution in [0.25, 0.3) is 10.9 Å². The van der Waals surface area contributed by atoms with E-state index in [1.54, 1.807) is 7.11 Å². The minimum atomic E-state index is -2.99. The number of nitrogens with zero attached hydrogens (tertiary/aromatic N) is 3. The van der Waals surface area contributed by atoms with Crippen LogP contribution in [0.4, 0.5) is 5.82 Å². The van der Waals surface area contributed by atoms with E-state index in [0.29, 0.717) is 18.8 Å². The number of methoxy groups -OCH3 is 1. The average molecular weight is 293 g/mol. The Balaban J connectivity index is 2.01. The molecule has 2 heterocycles. The van der Waals surface area contributed by atoms with Crippen molar-refractivity contribution in [1.82, 2.24) is 9.97 Å². The molecule has 20 heavy (non-hydrogen) atoms. The van der Waals surface area contributed by atoms with Crippen molar-refractivity contribution >= 4 is 26.6 Å². The van der Waals surface area contributed by atoms with Crippen LogP contribution in [0.2, 0.25) is 0 Å². The van der Waals surface area contributed by atoms with E-state index in [1.807, 2.05) is 23.1 Å². The lowest BCUT2D eigenvalue weighted by molar-refractivity contribution is 0.419. The van der Waals surface area contributed by atoms with Gasteiger partial charge in [0.2, 0.25) is 0 Å². The van der Waals surface area contributed by atoms with Gasteiger partial charge in [0.25, 0.3) is 0 Å². The third-order valence-corrected chi connectivity index (χ3v) is 5.09. The lowest BCUT2D eigenvalue weighted by Gasteiger charge is -2.39. The van der Waals surface area contributed by atoms with Crippen LogP contribution in [-0.4, -0.2) is 50.1 Å². The number of aromatic nitrogens is 2. The summed E-state index contributed by atoms with van der Waals surface area (Å²) in [5.74, 6) is 1.42. The average Bonchev–Trinajstić information content (AvgIpc) is 2.34. The van der Waals surface area contributed by atoms with Crippen molar-refractivity contribution in [3.05, 3.63) is 24.5 Å². The van der Waals surface area contributed by atoms with Crippen molar-refractivity contribution < 1.29 is 13.2 Å². The van der Waals surface area contributed by atoms with Gasteiger partial charge in [0.15, 0.2) is 9.84 Å². The van der Waals surface area contributed by atoms with Gasteiger partial charge in [0.05, 0.1) is 23.3 Å². The van der Waals surface area contributed by atoms with Crippen molar-refractivity contribution in [1.29, 1.82) is 0 Å². The van der Waals surface area contributed by atoms with Gasteiger partial charge in [-0.3, -0.25) is 0 Å². The quantitative estimate of drug-likeness (QED) is 0.836. The van der Waals surface area contributed by atoms with Crippen LogP contribution in [0, 0.1) is 0 Å². The summed E-state index contributed by atoms with van der Waals surface area (Å²) in [5.41, 5.74) is 0.789. The van der Waals surface area contributed by atoms with Crippen molar-refractivity contribution in [3.8, 4) is 5.75 Å². The SMILES string of the molecule is COc1cccc2ncnc(N3CC(S(C)(=O)=O)C3)c12. The Bertz CT molecular complexity index is 749. The van der Waals surface area contributed by atoms with E-state index in [-0.39, 0.29) is 5.25 Å². The molecule has 1 aromatic heterocycles. The predicted molar refractivity (Wildman–Crippen MR) is 76.9 cm³/mol. The molecule has 0 aliphatic carbocycles. The van der Waals surface area contributed by atoms with E-state index in [0.717, 1.165) is 16.7 Å². The highest BCUT2D eigenvalue weighted by Crippen LogP contribution is 2.34. The Hall–Kier alpha value is -1.89. The maximum absolute atomic E-state index is 11.5. The predicted octanol–water partition coefficient (Wildman–Crippen LogP) is 0.872. The Morgan fingerprint density at radius 1 is 1.30 bits per heavy atom. The molecule has 0 unspecified atom stereocenters. The fraction of sp³-hybridized carbons (Fsp3) is 0.385. The molecule has 7 heteroatoms. The van der Waals surface area contributed by atoms with E-state index in [1.165, 1.54) is 12.6 Å². The Kier molecular flexibility index (Phi) is 3.01. The third-order valence-electron chi connectivity index (χ3n) is 3.58. The first kappa shape index (κ1) is 13.1. The molecule has 1 aliphatic rings. The normalized spacial score (nSPS) is 16.2. The van der Waals surface area contributed by atoms with Gasteiger partial charge in [0, 0.05) is 19.3 Å². The summed E-state index contributed by atoms with van der Waals surface area (Å²) >= 11 is 0. The first-order valence-electron chi connectivity index (χ1n) is 6.22. The Labute approximate surface area is 117 Å². The summed E-state index contributed by atoms with van der Waals surface area (Å²) in [4.78, 5) is 10.5. The van der Waals surface area contributed by atoms with Crippen LogP contribution < -0.4 is 9.64 Å². The first-order valence-corrected chi connectivity index (χ1v) is 8.17. The number of hydrogen-bond acceptors (Lipinski definition) is 6. The highest BCUT2D eigenvalue weighted by molar-refractivity contribution is 7.91. The Morgan fingerprint density at radius 3 is 2.70 bits per heavy atom. The van der Waals surface area contributed by atoms with Crippen LogP contribution in [0.5, 0.6) is 5.75 Å². The molecule has 0 saturated carbocycles. The number of ether oxygens (including phenoxy) is 1. The van der Waals surface area contributed by atoms with E-state index in [2.05, 4.69) is 9.97 Å². The molecule has 6 nitrogen and oxygen atoms in total.